The Morgan fingerprint density at radius 2 is 2.04 bits per heavy atom. The second-order valence-corrected chi connectivity index (χ2v) is 9.52. The lowest BCUT2D eigenvalue weighted by atomic mass is 10.0. The van der Waals surface area contributed by atoms with Crippen molar-refractivity contribution in [1.29, 1.82) is 0 Å². The van der Waals surface area contributed by atoms with Crippen LogP contribution in [-0.4, -0.2) is 43.2 Å². The molecule has 9 heteroatoms. The number of amides is 1. The molecular formula is C15H16BrN3O3S2. The maximum atomic E-state index is 12.6. The van der Waals surface area contributed by atoms with Crippen LogP contribution in [0.4, 0.5) is 0 Å². The van der Waals surface area contributed by atoms with Crippen molar-refractivity contribution in [1.82, 2.24) is 14.6 Å². The van der Waals surface area contributed by atoms with Gasteiger partial charge in [0.25, 0.3) is 10.0 Å². The third-order valence-corrected chi connectivity index (χ3v) is 7.58. The zero-order chi connectivity index (χ0) is 17.3. The minimum absolute atomic E-state index is 0.0937. The van der Waals surface area contributed by atoms with E-state index in [1.807, 2.05) is 31.2 Å². The summed E-state index contributed by atoms with van der Waals surface area (Å²) in [5.74, 6) is -0.359. The molecule has 0 radical (unpaired) electrons. The van der Waals surface area contributed by atoms with Gasteiger partial charge in [0, 0.05) is 29.7 Å². The number of thiazole rings is 1. The maximum Gasteiger partial charge on any atom is 0.254 e. The number of rotatable bonds is 5. The van der Waals surface area contributed by atoms with Gasteiger partial charge in [-0.25, -0.2) is 13.4 Å². The van der Waals surface area contributed by atoms with E-state index in [1.54, 1.807) is 0 Å². The molecule has 1 aliphatic heterocycles. The normalized spacial score (nSPS) is 15.9. The van der Waals surface area contributed by atoms with Crippen molar-refractivity contribution in [2.24, 2.45) is 5.92 Å². The predicted octanol–water partition coefficient (Wildman–Crippen LogP) is 2.33. The van der Waals surface area contributed by atoms with Gasteiger partial charge in [-0.05, 0) is 19.1 Å². The first-order valence-corrected chi connectivity index (χ1v) is 10.5. The molecule has 0 saturated carbocycles. The van der Waals surface area contributed by atoms with Crippen LogP contribution in [0.15, 0.2) is 39.1 Å². The fraction of sp³-hybridized carbons (Fsp3) is 0.333. The van der Waals surface area contributed by atoms with E-state index in [-0.39, 0.29) is 29.1 Å². The number of hydrogen-bond donors (Lipinski definition) is 1. The number of hydrogen-bond acceptors (Lipinski definition) is 5. The van der Waals surface area contributed by atoms with Gasteiger partial charge >= 0.3 is 0 Å². The Labute approximate surface area is 153 Å². The fourth-order valence-corrected chi connectivity index (χ4v) is 5.44. The molecule has 128 valence electrons. The van der Waals surface area contributed by atoms with Crippen molar-refractivity contribution in [3.8, 4) is 10.6 Å². The predicted molar refractivity (Wildman–Crippen MR) is 96.2 cm³/mol. The summed E-state index contributed by atoms with van der Waals surface area (Å²) in [4.78, 5) is 15.9. The lowest BCUT2D eigenvalue weighted by Gasteiger charge is -2.36. The minimum atomic E-state index is -3.58. The molecule has 0 spiro atoms. The Balaban J connectivity index is 1.73. The molecule has 0 bridgehead atoms. The standard InChI is InChI=1S/C15H16BrN3O3S2/c1-2-17-14(20)11-8-19(9-11)24(21,22)13-7-18-15(23-13)10-3-5-12(16)6-4-10/h3-7,11H,2,8-9H2,1H3,(H,17,20). The lowest BCUT2D eigenvalue weighted by molar-refractivity contribution is -0.128. The van der Waals surface area contributed by atoms with E-state index in [1.165, 1.54) is 10.5 Å². The number of nitrogens with zero attached hydrogens (tertiary/aromatic N) is 2. The van der Waals surface area contributed by atoms with E-state index in [2.05, 4.69) is 26.2 Å². The first-order valence-electron chi connectivity index (χ1n) is 7.41. The van der Waals surface area contributed by atoms with Crippen molar-refractivity contribution < 1.29 is 13.2 Å². The highest BCUT2D eigenvalue weighted by atomic mass is 79.9. The highest BCUT2D eigenvalue weighted by molar-refractivity contribution is 9.10. The summed E-state index contributed by atoms with van der Waals surface area (Å²) in [6.45, 7) is 2.83. The zero-order valence-corrected chi connectivity index (χ0v) is 16.1. The van der Waals surface area contributed by atoms with Crippen molar-refractivity contribution in [3.63, 3.8) is 0 Å². The van der Waals surface area contributed by atoms with Gasteiger partial charge in [0.2, 0.25) is 5.91 Å². The van der Waals surface area contributed by atoms with Gasteiger partial charge in [0.05, 0.1) is 12.1 Å². The highest BCUT2D eigenvalue weighted by Crippen LogP contribution is 2.33. The molecule has 24 heavy (non-hydrogen) atoms. The summed E-state index contributed by atoms with van der Waals surface area (Å²) in [7, 11) is -3.58. The molecule has 0 unspecified atom stereocenters. The van der Waals surface area contributed by atoms with Gasteiger partial charge in [0.15, 0.2) is 4.21 Å². The number of benzene rings is 1. The number of carbonyl (C=O) groups excluding carboxylic acids is 1. The van der Waals surface area contributed by atoms with Crippen LogP contribution in [0.3, 0.4) is 0 Å². The van der Waals surface area contributed by atoms with Gasteiger partial charge in [-0.3, -0.25) is 4.79 Å². The third-order valence-electron chi connectivity index (χ3n) is 3.74. The molecule has 2 heterocycles. The molecule has 1 fully saturated rings. The zero-order valence-electron chi connectivity index (χ0n) is 12.9. The molecule has 0 aliphatic carbocycles. The van der Waals surface area contributed by atoms with E-state index in [4.69, 9.17) is 0 Å². The number of carbonyl (C=O) groups is 1. The van der Waals surface area contributed by atoms with Crippen LogP contribution in [0.25, 0.3) is 10.6 Å². The first kappa shape index (κ1) is 17.5. The summed E-state index contributed by atoms with van der Waals surface area (Å²) < 4.78 is 27.7. The van der Waals surface area contributed by atoms with Crippen molar-refractivity contribution in [2.45, 2.75) is 11.1 Å². The Hall–Kier alpha value is -1.29. The van der Waals surface area contributed by atoms with Crippen LogP contribution < -0.4 is 5.32 Å². The summed E-state index contributed by atoms with van der Waals surface area (Å²) in [5, 5.41) is 3.37. The smallest absolute Gasteiger partial charge is 0.254 e. The van der Waals surface area contributed by atoms with Crippen LogP contribution in [0.1, 0.15) is 6.92 Å². The van der Waals surface area contributed by atoms with Gasteiger partial charge in [0.1, 0.15) is 5.01 Å². The number of halogens is 1. The molecule has 1 saturated heterocycles. The number of nitrogens with one attached hydrogen (secondary N) is 1. The van der Waals surface area contributed by atoms with E-state index in [0.717, 1.165) is 21.4 Å². The van der Waals surface area contributed by atoms with Crippen LogP contribution in [0, 0.1) is 5.92 Å². The Bertz CT molecular complexity index is 843. The molecule has 3 rings (SSSR count). The molecule has 2 aromatic rings. The van der Waals surface area contributed by atoms with Crippen LogP contribution >= 0.6 is 27.3 Å². The molecule has 1 aliphatic rings. The van der Waals surface area contributed by atoms with Crippen molar-refractivity contribution in [3.05, 3.63) is 34.9 Å². The SMILES string of the molecule is CCNC(=O)C1CN(S(=O)(=O)c2cnc(-c3ccc(Br)cc3)s2)C1. The van der Waals surface area contributed by atoms with Crippen molar-refractivity contribution in [2.75, 3.05) is 19.6 Å². The fourth-order valence-electron chi connectivity index (χ4n) is 2.35. The summed E-state index contributed by atoms with van der Waals surface area (Å²) in [5.41, 5.74) is 0.869. The first-order chi connectivity index (χ1) is 11.4. The minimum Gasteiger partial charge on any atom is -0.356 e. The molecule has 1 aromatic heterocycles. The summed E-state index contributed by atoms with van der Waals surface area (Å²) in [6.07, 6.45) is 1.39. The number of aromatic nitrogens is 1. The highest BCUT2D eigenvalue weighted by Gasteiger charge is 2.41. The molecule has 6 nitrogen and oxygen atoms in total. The second kappa shape index (κ2) is 6.91. The van der Waals surface area contributed by atoms with Gasteiger partial charge in [-0.15, -0.1) is 11.3 Å². The molecule has 1 amide bonds. The number of sulfonamides is 1. The quantitative estimate of drug-likeness (QED) is 0.790. The maximum absolute atomic E-state index is 12.6. The van der Waals surface area contributed by atoms with E-state index >= 15 is 0 Å². The van der Waals surface area contributed by atoms with Crippen LogP contribution in [0.5, 0.6) is 0 Å². The van der Waals surface area contributed by atoms with Crippen LogP contribution in [0.2, 0.25) is 0 Å². The molecular weight excluding hydrogens is 414 g/mol. The summed E-state index contributed by atoms with van der Waals surface area (Å²) >= 11 is 4.51. The average Bonchev–Trinajstić information content (AvgIpc) is 2.97. The Kier molecular flexibility index (Phi) is 5.05. The topological polar surface area (TPSA) is 79.4 Å². The van der Waals surface area contributed by atoms with Gasteiger partial charge in [-0.1, -0.05) is 28.1 Å². The Morgan fingerprint density at radius 1 is 1.38 bits per heavy atom. The van der Waals surface area contributed by atoms with Crippen LogP contribution in [-0.2, 0) is 14.8 Å². The van der Waals surface area contributed by atoms with Crippen molar-refractivity contribution >= 4 is 43.2 Å². The molecule has 0 atom stereocenters. The molecule has 1 N–H and O–H groups in total. The van der Waals surface area contributed by atoms with Gasteiger partial charge < -0.3 is 5.32 Å². The Morgan fingerprint density at radius 3 is 2.67 bits per heavy atom. The van der Waals surface area contributed by atoms with E-state index in [0.29, 0.717) is 11.6 Å². The average molecular weight is 430 g/mol. The van der Waals surface area contributed by atoms with Gasteiger partial charge in [-0.2, -0.15) is 4.31 Å². The lowest BCUT2D eigenvalue weighted by Crippen LogP contribution is -2.55. The van der Waals surface area contributed by atoms with E-state index < -0.39 is 10.0 Å². The largest absolute Gasteiger partial charge is 0.356 e. The monoisotopic (exact) mass is 429 g/mol. The molecule has 1 aromatic carbocycles. The second-order valence-electron chi connectivity index (χ2n) is 5.40. The van der Waals surface area contributed by atoms with E-state index in [9.17, 15) is 13.2 Å². The summed E-state index contributed by atoms with van der Waals surface area (Å²) in [6, 6.07) is 7.54. The third kappa shape index (κ3) is 3.39.